The quantitative estimate of drug-likeness (QED) is 0.867. The van der Waals surface area contributed by atoms with E-state index in [4.69, 9.17) is 23.2 Å². The van der Waals surface area contributed by atoms with Crippen molar-refractivity contribution in [2.24, 2.45) is 0 Å². The van der Waals surface area contributed by atoms with Gasteiger partial charge >= 0.3 is 0 Å². The molecule has 0 fully saturated rings. The maximum Gasteiger partial charge on any atom is 0.138 e. The van der Waals surface area contributed by atoms with Gasteiger partial charge in [0.05, 0.1) is 5.02 Å². The summed E-state index contributed by atoms with van der Waals surface area (Å²) in [5, 5.41) is 14.3. The maximum atomic E-state index is 9.84. The summed E-state index contributed by atoms with van der Waals surface area (Å²) in [6.45, 7) is 2.56. The molecule has 0 aliphatic carbocycles. The Labute approximate surface area is 123 Å². The van der Waals surface area contributed by atoms with E-state index in [0.29, 0.717) is 11.6 Å². The lowest BCUT2D eigenvalue weighted by molar-refractivity contribution is 0.460. The molecule has 0 heterocycles. The molecule has 2 N–H and O–H groups in total. The van der Waals surface area contributed by atoms with Crippen molar-refractivity contribution in [2.75, 3.05) is 0 Å². The highest BCUT2D eigenvalue weighted by atomic mass is 35.5. The Balaban J connectivity index is 2.07. The molecule has 0 amide bonds. The van der Waals surface area contributed by atoms with E-state index in [9.17, 15) is 5.11 Å². The van der Waals surface area contributed by atoms with Crippen LogP contribution >= 0.6 is 23.2 Å². The smallest absolute Gasteiger partial charge is 0.138 e. The van der Waals surface area contributed by atoms with Crippen molar-refractivity contribution in [1.29, 1.82) is 0 Å². The highest BCUT2D eigenvalue weighted by Gasteiger charge is 2.10. The molecule has 2 rings (SSSR count). The number of aromatic hydroxyl groups is 1. The van der Waals surface area contributed by atoms with Crippen LogP contribution in [0, 0.1) is 0 Å². The van der Waals surface area contributed by atoms with Crippen molar-refractivity contribution in [3.05, 3.63) is 63.6 Å². The predicted octanol–water partition coefficient (Wildman–Crippen LogP) is 4.55. The van der Waals surface area contributed by atoms with Crippen LogP contribution in [0.3, 0.4) is 0 Å². The van der Waals surface area contributed by atoms with E-state index in [1.54, 1.807) is 6.07 Å². The first-order valence-corrected chi connectivity index (χ1v) is 6.79. The first-order chi connectivity index (χ1) is 9.09. The molecule has 0 aliphatic rings. The van der Waals surface area contributed by atoms with E-state index in [2.05, 4.69) is 5.32 Å². The number of para-hydroxylation sites is 1. The summed E-state index contributed by atoms with van der Waals surface area (Å²) in [6.07, 6.45) is 0. The van der Waals surface area contributed by atoms with Crippen LogP contribution in [0.1, 0.15) is 24.1 Å². The van der Waals surface area contributed by atoms with Gasteiger partial charge in [-0.25, -0.2) is 0 Å². The molecule has 19 heavy (non-hydrogen) atoms. The van der Waals surface area contributed by atoms with Crippen LogP contribution in [0.4, 0.5) is 0 Å². The molecule has 2 aromatic carbocycles. The average molecular weight is 296 g/mol. The molecular formula is C15H15Cl2NO. The largest absolute Gasteiger partial charge is 0.506 e. The van der Waals surface area contributed by atoms with Gasteiger partial charge in [-0.15, -0.1) is 0 Å². The van der Waals surface area contributed by atoms with Gasteiger partial charge in [-0.05, 0) is 24.6 Å². The fourth-order valence-electron chi connectivity index (χ4n) is 1.90. The summed E-state index contributed by atoms with van der Waals surface area (Å²) in [7, 11) is 0. The molecule has 4 heteroatoms. The van der Waals surface area contributed by atoms with Gasteiger partial charge in [0.1, 0.15) is 5.75 Å². The van der Waals surface area contributed by atoms with E-state index >= 15 is 0 Å². The molecule has 0 spiro atoms. The fraction of sp³-hybridized carbons (Fsp3) is 0.200. The van der Waals surface area contributed by atoms with Crippen LogP contribution in [-0.2, 0) is 6.54 Å². The second-order valence-electron chi connectivity index (χ2n) is 4.37. The Morgan fingerprint density at radius 3 is 2.47 bits per heavy atom. The first-order valence-electron chi connectivity index (χ1n) is 6.03. The summed E-state index contributed by atoms with van der Waals surface area (Å²) in [6, 6.07) is 13.1. The van der Waals surface area contributed by atoms with E-state index in [1.807, 2.05) is 43.3 Å². The van der Waals surface area contributed by atoms with Crippen molar-refractivity contribution in [3.8, 4) is 5.75 Å². The maximum absolute atomic E-state index is 9.84. The second-order valence-corrected chi connectivity index (χ2v) is 5.19. The van der Waals surface area contributed by atoms with Crippen molar-refractivity contribution in [1.82, 2.24) is 5.32 Å². The topological polar surface area (TPSA) is 32.3 Å². The van der Waals surface area contributed by atoms with Crippen LogP contribution < -0.4 is 5.32 Å². The van der Waals surface area contributed by atoms with Gasteiger partial charge in [0, 0.05) is 23.2 Å². The number of rotatable bonds is 4. The van der Waals surface area contributed by atoms with Crippen LogP contribution in [0.25, 0.3) is 0 Å². The summed E-state index contributed by atoms with van der Waals surface area (Å²) < 4.78 is 0. The zero-order chi connectivity index (χ0) is 13.8. The Kier molecular flexibility index (Phi) is 4.70. The molecule has 1 atom stereocenters. The molecule has 0 saturated heterocycles. The molecule has 0 aliphatic heterocycles. The summed E-state index contributed by atoms with van der Waals surface area (Å²) >= 11 is 12.0. The minimum absolute atomic E-state index is 0.0899. The van der Waals surface area contributed by atoms with E-state index in [1.165, 1.54) is 0 Å². The molecule has 0 saturated carbocycles. The van der Waals surface area contributed by atoms with Crippen molar-refractivity contribution < 1.29 is 5.11 Å². The molecule has 0 unspecified atom stereocenters. The predicted molar refractivity (Wildman–Crippen MR) is 79.8 cm³/mol. The minimum Gasteiger partial charge on any atom is -0.506 e. The van der Waals surface area contributed by atoms with Gasteiger partial charge in [-0.2, -0.15) is 0 Å². The molecular weight excluding hydrogens is 281 g/mol. The van der Waals surface area contributed by atoms with Crippen LogP contribution in [0.5, 0.6) is 5.75 Å². The van der Waals surface area contributed by atoms with Crippen LogP contribution in [0.15, 0.2) is 42.5 Å². The lowest BCUT2D eigenvalue weighted by Crippen LogP contribution is -2.18. The van der Waals surface area contributed by atoms with Gasteiger partial charge in [-0.1, -0.05) is 53.5 Å². The molecule has 0 bridgehead atoms. The number of nitrogens with one attached hydrogen (secondary N) is 1. The van der Waals surface area contributed by atoms with Crippen LogP contribution in [-0.4, -0.2) is 5.11 Å². The number of benzene rings is 2. The number of phenolic OH excluding ortho intramolecular Hbond substituents is 1. The van der Waals surface area contributed by atoms with E-state index in [-0.39, 0.29) is 11.8 Å². The zero-order valence-electron chi connectivity index (χ0n) is 10.5. The average Bonchev–Trinajstić information content (AvgIpc) is 2.40. The van der Waals surface area contributed by atoms with Gasteiger partial charge in [0.15, 0.2) is 0 Å². The molecule has 100 valence electrons. The molecule has 0 aromatic heterocycles. The Hall–Kier alpha value is -1.22. The third-order valence-electron chi connectivity index (χ3n) is 3.04. The van der Waals surface area contributed by atoms with Gasteiger partial charge in [0.2, 0.25) is 0 Å². The minimum atomic E-state index is 0.0899. The SMILES string of the molecule is C[C@@H](NCc1cccc(Cl)c1O)c1ccccc1Cl. The second kappa shape index (κ2) is 6.29. The number of phenols is 1. The third kappa shape index (κ3) is 3.41. The molecule has 2 nitrogen and oxygen atoms in total. The monoisotopic (exact) mass is 295 g/mol. The standard InChI is InChI=1S/C15H15Cl2NO/c1-10(12-6-2-3-7-13(12)16)18-9-11-5-4-8-14(17)15(11)19/h2-8,10,18-19H,9H2,1H3/t10-/m1/s1. The first kappa shape index (κ1) is 14.2. The van der Waals surface area contributed by atoms with E-state index < -0.39 is 0 Å². The van der Waals surface area contributed by atoms with Crippen molar-refractivity contribution in [2.45, 2.75) is 19.5 Å². The highest BCUT2D eigenvalue weighted by molar-refractivity contribution is 6.32. The highest BCUT2D eigenvalue weighted by Crippen LogP contribution is 2.28. The summed E-state index contributed by atoms with van der Waals surface area (Å²) in [5.74, 6) is 0.128. The fourth-order valence-corrected chi connectivity index (χ4v) is 2.40. The Morgan fingerprint density at radius 2 is 1.74 bits per heavy atom. The number of hydrogen-bond donors (Lipinski definition) is 2. The van der Waals surface area contributed by atoms with Gasteiger partial charge in [-0.3, -0.25) is 0 Å². The Bertz CT molecular complexity index is 572. The normalized spacial score (nSPS) is 12.4. The Morgan fingerprint density at radius 1 is 1.05 bits per heavy atom. The van der Waals surface area contributed by atoms with Gasteiger partial charge < -0.3 is 10.4 Å². The number of halogens is 2. The summed E-state index contributed by atoms with van der Waals surface area (Å²) in [5.41, 5.74) is 1.80. The van der Waals surface area contributed by atoms with Gasteiger partial charge in [0.25, 0.3) is 0 Å². The van der Waals surface area contributed by atoms with Crippen molar-refractivity contribution in [3.63, 3.8) is 0 Å². The number of hydrogen-bond acceptors (Lipinski definition) is 2. The van der Waals surface area contributed by atoms with Crippen LogP contribution in [0.2, 0.25) is 10.0 Å². The van der Waals surface area contributed by atoms with Crippen molar-refractivity contribution >= 4 is 23.2 Å². The lowest BCUT2D eigenvalue weighted by atomic mass is 10.1. The summed E-state index contributed by atoms with van der Waals surface area (Å²) in [4.78, 5) is 0. The zero-order valence-corrected chi connectivity index (χ0v) is 12.0. The third-order valence-corrected chi connectivity index (χ3v) is 3.69. The molecule has 2 aromatic rings. The lowest BCUT2D eigenvalue weighted by Gasteiger charge is -2.16. The molecule has 0 radical (unpaired) electrons. The van der Waals surface area contributed by atoms with E-state index in [0.717, 1.165) is 16.1 Å².